The lowest BCUT2D eigenvalue weighted by Crippen LogP contribution is -2.56. The Kier molecular flexibility index (Phi) is 5.05. The van der Waals surface area contributed by atoms with Gasteiger partial charge in [0.05, 0.1) is 17.8 Å². The Labute approximate surface area is 164 Å². The Morgan fingerprint density at radius 1 is 1.36 bits per heavy atom. The van der Waals surface area contributed by atoms with E-state index >= 15 is 0 Å². The summed E-state index contributed by atoms with van der Waals surface area (Å²) >= 11 is 1.20. The highest BCUT2D eigenvalue weighted by Crippen LogP contribution is 2.32. The minimum absolute atomic E-state index is 0.122. The van der Waals surface area contributed by atoms with Crippen molar-refractivity contribution in [1.29, 1.82) is 0 Å². The lowest BCUT2D eigenvalue weighted by molar-refractivity contribution is 0.0923. The second-order valence-electron chi connectivity index (χ2n) is 6.66. The second kappa shape index (κ2) is 7.64. The third kappa shape index (κ3) is 3.87. The highest BCUT2D eigenvalue weighted by Gasteiger charge is 2.23. The van der Waals surface area contributed by atoms with Gasteiger partial charge in [0, 0.05) is 19.2 Å². The minimum Gasteiger partial charge on any atom is -0.489 e. The van der Waals surface area contributed by atoms with Crippen molar-refractivity contribution in [2.24, 2.45) is 0 Å². The number of fused-ring (bicyclic) bond motifs is 1. The predicted molar refractivity (Wildman–Crippen MR) is 105 cm³/mol. The van der Waals surface area contributed by atoms with Crippen LogP contribution >= 0.6 is 11.3 Å². The van der Waals surface area contributed by atoms with E-state index in [9.17, 15) is 9.18 Å². The fourth-order valence-electron chi connectivity index (χ4n) is 2.66. The van der Waals surface area contributed by atoms with Gasteiger partial charge in [0.2, 0.25) is 0 Å². The number of halogens is 1. The number of nitrogens with zero attached hydrogens (tertiary/aromatic N) is 3. The summed E-state index contributed by atoms with van der Waals surface area (Å²) in [6.07, 6.45) is 1.27. The number of nitrogens with one attached hydrogen (secondary N) is 3. The van der Waals surface area contributed by atoms with Crippen LogP contribution in [0.5, 0.6) is 5.75 Å². The molecular formula is C18H19FN6O2S. The van der Waals surface area contributed by atoms with E-state index in [0.29, 0.717) is 32.6 Å². The molecule has 4 rings (SSSR count). The van der Waals surface area contributed by atoms with Gasteiger partial charge in [-0.2, -0.15) is 0 Å². The average molecular weight is 402 g/mol. The molecule has 1 amide bonds. The molecule has 3 aromatic rings. The lowest BCUT2D eigenvalue weighted by Gasteiger charge is -2.27. The number of anilines is 2. The quantitative estimate of drug-likeness (QED) is 0.582. The summed E-state index contributed by atoms with van der Waals surface area (Å²) in [6.45, 7) is 5.24. The van der Waals surface area contributed by atoms with Crippen LogP contribution in [0.4, 0.5) is 15.9 Å². The molecule has 3 heterocycles. The Morgan fingerprint density at radius 2 is 2.18 bits per heavy atom. The molecule has 3 N–H and O–H groups in total. The van der Waals surface area contributed by atoms with E-state index in [-0.39, 0.29) is 18.1 Å². The molecule has 0 radical (unpaired) electrons. The molecule has 1 saturated heterocycles. The van der Waals surface area contributed by atoms with Crippen LogP contribution in [-0.2, 0) is 0 Å². The Bertz CT molecular complexity index is 1020. The number of rotatable bonds is 6. The zero-order chi connectivity index (χ0) is 19.7. The summed E-state index contributed by atoms with van der Waals surface area (Å²) in [7, 11) is 0. The highest BCUT2D eigenvalue weighted by atomic mass is 32.1. The van der Waals surface area contributed by atoms with Gasteiger partial charge in [0.15, 0.2) is 10.8 Å². The van der Waals surface area contributed by atoms with Gasteiger partial charge in [-0.15, -0.1) is 0 Å². The number of amides is 1. The van der Waals surface area contributed by atoms with Crippen LogP contribution in [0.3, 0.4) is 0 Å². The van der Waals surface area contributed by atoms with Gasteiger partial charge in [-0.05, 0) is 26.0 Å². The van der Waals surface area contributed by atoms with E-state index in [2.05, 4.69) is 30.9 Å². The number of hydrogen-bond donors (Lipinski definition) is 3. The number of thiazole rings is 1. The zero-order valence-corrected chi connectivity index (χ0v) is 16.1. The lowest BCUT2D eigenvalue weighted by atomic mass is 10.2. The van der Waals surface area contributed by atoms with Gasteiger partial charge in [0.1, 0.15) is 28.2 Å². The molecule has 0 unspecified atom stereocenters. The molecule has 2 aromatic heterocycles. The Morgan fingerprint density at radius 3 is 2.89 bits per heavy atom. The topological polar surface area (TPSA) is 101 Å². The van der Waals surface area contributed by atoms with Crippen LogP contribution in [0.25, 0.3) is 10.3 Å². The van der Waals surface area contributed by atoms with Crippen LogP contribution in [0, 0.1) is 5.82 Å². The van der Waals surface area contributed by atoms with Crippen molar-refractivity contribution >= 4 is 39.1 Å². The number of benzene rings is 1. The van der Waals surface area contributed by atoms with Crippen molar-refractivity contribution in [2.75, 3.05) is 18.4 Å². The first kappa shape index (κ1) is 18.5. The van der Waals surface area contributed by atoms with Gasteiger partial charge >= 0.3 is 0 Å². The summed E-state index contributed by atoms with van der Waals surface area (Å²) in [4.78, 5) is 25.8. The molecule has 1 aliphatic rings. The van der Waals surface area contributed by atoms with Gasteiger partial charge < -0.3 is 20.7 Å². The van der Waals surface area contributed by atoms with E-state index < -0.39 is 5.82 Å². The summed E-state index contributed by atoms with van der Waals surface area (Å²) in [5, 5.41) is 9.46. The first-order valence-electron chi connectivity index (χ1n) is 8.86. The summed E-state index contributed by atoms with van der Waals surface area (Å²) < 4.78 is 19.3. The van der Waals surface area contributed by atoms with E-state index in [1.807, 2.05) is 13.8 Å². The van der Waals surface area contributed by atoms with Crippen molar-refractivity contribution in [1.82, 2.24) is 25.6 Å². The van der Waals surface area contributed by atoms with Crippen molar-refractivity contribution < 1.29 is 13.9 Å². The van der Waals surface area contributed by atoms with Crippen molar-refractivity contribution in [3.63, 3.8) is 0 Å². The molecule has 0 aliphatic carbocycles. The van der Waals surface area contributed by atoms with Gasteiger partial charge in [-0.3, -0.25) is 4.79 Å². The van der Waals surface area contributed by atoms with E-state index in [4.69, 9.17) is 4.74 Å². The third-order valence-electron chi connectivity index (χ3n) is 4.07. The third-order valence-corrected chi connectivity index (χ3v) is 5.03. The van der Waals surface area contributed by atoms with Crippen molar-refractivity contribution in [3.8, 4) is 5.75 Å². The standard InChI is InChI=1S/C18H19FN6O2S/c1-9(2)27-13-5-10(19)3-4-12(13)24-15-14-17(22-8-21-15)28-18(25-14)16(26)23-11-6-20-7-11/h3-5,8-9,11,20H,6-7H2,1-2H3,(H,23,26)(H,21,22,24). The molecular weight excluding hydrogens is 383 g/mol. The fourth-order valence-corrected chi connectivity index (χ4v) is 3.47. The number of ether oxygens (including phenoxy) is 1. The molecule has 8 nitrogen and oxygen atoms in total. The number of hydrogen-bond acceptors (Lipinski definition) is 8. The van der Waals surface area contributed by atoms with Crippen molar-refractivity contribution in [2.45, 2.75) is 26.0 Å². The van der Waals surface area contributed by atoms with Crippen LogP contribution in [-0.4, -0.2) is 46.1 Å². The summed E-state index contributed by atoms with van der Waals surface area (Å²) in [5.74, 6) is 0.163. The molecule has 10 heteroatoms. The van der Waals surface area contributed by atoms with E-state index in [0.717, 1.165) is 13.1 Å². The first-order chi connectivity index (χ1) is 13.5. The van der Waals surface area contributed by atoms with E-state index in [1.54, 1.807) is 6.07 Å². The normalized spacial score (nSPS) is 14.1. The Balaban J connectivity index is 1.63. The molecule has 28 heavy (non-hydrogen) atoms. The van der Waals surface area contributed by atoms with Crippen LogP contribution in [0.15, 0.2) is 24.5 Å². The predicted octanol–water partition coefficient (Wildman–Crippen LogP) is 2.46. The fraction of sp³-hybridized carbons (Fsp3) is 0.333. The average Bonchev–Trinajstić information content (AvgIpc) is 3.05. The molecule has 146 valence electrons. The SMILES string of the molecule is CC(C)Oc1cc(F)ccc1Nc1ncnc2sc(C(=O)NC3CNC3)nc12. The zero-order valence-electron chi connectivity index (χ0n) is 15.3. The summed E-state index contributed by atoms with van der Waals surface area (Å²) in [5.41, 5.74) is 1.03. The summed E-state index contributed by atoms with van der Waals surface area (Å²) in [6, 6.07) is 4.34. The van der Waals surface area contributed by atoms with Gasteiger partial charge in [0.25, 0.3) is 5.91 Å². The number of carbonyl (C=O) groups excluding carboxylic acids is 1. The molecule has 1 fully saturated rings. The maximum atomic E-state index is 13.6. The van der Waals surface area contributed by atoms with E-state index in [1.165, 1.54) is 29.8 Å². The Hall–Kier alpha value is -2.85. The minimum atomic E-state index is -0.396. The molecule has 0 atom stereocenters. The molecule has 1 aromatic carbocycles. The molecule has 1 aliphatic heterocycles. The monoisotopic (exact) mass is 402 g/mol. The largest absolute Gasteiger partial charge is 0.489 e. The highest BCUT2D eigenvalue weighted by molar-refractivity contribution is 7.19. The molecule has 0 spiro atoms. The number of aromatic nitrogens is 3. The van der Waals surface area contributed by atoms with Crippen LogP contribution in [0.2, 0.25) is 0 Å². The van der Waals surface area contributed by atoms with Gasteiger partial charge in [-0.25, -0.2) is 19.3 Å². The van der Waals surface area contributed by atoms with Crippen molar-refractivity contribution in [3.05, 3.63) is 35.4 Å². The number of carbonyl (C=O) groups is 1. The van der Waals surface area contributed by atoms with Crippen LogP contribution < -0.4 is 20.7 Å². The smallest absolute Gasteiger partial charge is 0.280 e. The maximum absolute atomic E-state index is 13.6. The van der Waals surface area contributed by atoms with Crippen LogP contribution in [0.1, 0.15) is 23.6 Å². The maximum Gasteiger partial charge on any atom is 0.280 e. The van der Waals surface area contributed by atoms with Gasteiger partial charge in [-0.1, -0.05) is 11.3 Å². The molecule has 0 saturated carbocycles. The second-order valence-corrected chi connectivity index (χ2v) is 7.63. The molecule has 0 bridgehead atoms. The first-order valence-corrected chi connectivity index (χ1v) is 9.67.